The molecule has 0 spiro atoms. The maximum atomic E-state index is 9.41. The topological polar surface area (TPSA) is 0 Å². The Morgan fingerprint density at radius 2 is 0.700 bits per heavy atom. The predicted octanol–water partition coefficient (Wildman–Crippen LogP) is 11.3. The first-order chi connectivity index (χ1) is 24.9. The summed E-state index contributed by atoms with van der Waals surface area (Å²) in [6, 6.07) is 19.1. The van der Waals surface area contributed by atoms with E-state index in [4.69, 9.17) is 8.22 Å². The second-order valence-electron chi connectivity index (χ2n) is 9.55. The van der Waals surface area contributed by atoms with Crippen LogP contribution in [0.4, 0.5) is 0 Å². The third-order valence-corrected chi connectivity index (χ3v) is 7.43. The van der Waals surface area contributed by atoms with Gasteiger partial charge in [0.1, 0.15) is 0 Å². The van der Waals surface area contributed by atoms with E-state index in [9.17, 15) is 8.22 Å². The van der Waals surface area contributed by atoms with Gasteiger partial charge in [-0.2, -0.15) is 0 Å². The normalized spacial score (nSPS) is 15.7. The Morgan fingerprint density at radius 1 is 0.300 bits per heavy atom. The Balaban J connectivity index is 1.76. The first-order valence-electron chi connectivity index (χ1n) is 18.9. The number of hydrogen-bond donors (Lipinski definition) is 0. The standard InChI is InChI=1S/C40H26/c1-3-17-29-27(13-1)15-11-25-31(29)32-19-5-6-20-34(32)40-37-23-9-7-21-35(37)39(36-22-8-10-24-38(36)40)33-26-12-16-28-14-2-4-18-30(28)33/h1-26H/i5D,6D,7D,8D,9D,10D,19D,20D,21D,22D,23D,24D. The molecule has 8 aromatic rings. The van der Waals surface area contributed by atoms with Crippen LogP contribution >= 0.6 is 0 Å². The third kappa shape index (κ3) is 3.47. The summed E-state index contributed by atoms with van der Waals surface area (Å²) in [5.74, 6) is 0. The number of fused-ring (bicyclic) bond motifs is 4. The van der Waals surface area contributed by atoms with Gasteiger partial charge in [-0.3, -0.25) is 0 Å². The highest BCUT2D eigenvalue weighted by atomic mass is 14.2. The fourth-order valence-electron chi connectivity index (χ4n) is 5.73. The lowest BCUT2D eigenvalue weighted by molar-refractivity contribution is 1.63. The highest BCUT2D eigenvalue weighted by molar-refractivity contribution is 6.24. The molecule has 0 aliphatic rings. The van der Waals surface area contributed by atoms with E-state index in [1.165, 1.54) is 0 Å². The lowest BCUT2D eigenvalue weighted by atomic mass is 9.82. The van der Waals surface area contributed by atoms with Crippen LogP contribution in [-0.2, 0) is 0 Å². The molecule has 0 amide bonds. The summed E-state index contributed by atoms with van der Waals surface area (Å²) in [5, 5.41) is 2.58. The van der Waals surface area contributed by atoms with Crippen molar-refractivity contribution in [1.29, 1.82) is 0 Å². The SMILES string of the molecule is [2H]c1c([2H])c([2H])c(-c2c3c([2H])c([2H])c([2H])c([2H])c3c(-c3cccc4ccccc34)c3c([2H])c([2H])c([2H])c([2H])c23)c(-c2cccc3ccccc23)c1[2H]. The Bertz CT molecular complexity index is 2790. The van der Waals surface area contributed by atoms with E-state index in [1.807, 2.05) is 54.6 Å². The summed E-state index contributed by atoms with van der Waals surface area (Å²) in [6.07, 6.45) is 0. The van der Waals surface area contributed by atoms with Gasteiger partial charge in [0.25, 0.3) is 0 Å². The van der Waals surface area contributed by atoms with E-state index < -0.39 is 72.5 Å². The van der Waals surface area contributed by atoms with Crippen molar-refractivity contribution in [1.82, 2.24) is 0 Å². The van der Waals surface area contributed by atoms with Crippen LogP contribution in [-0.4, -0.2) is 0 Å². The highest BCUT2D eigenvalue weighted by Crippen LogP contribution is 2.47. The van der Waals surface area contributed by atoms with Crippen molar-refractivity contribution in [2.75, 3.05) is 0 Å². The number of rotatable bonds is 3. The fraction of sp³-hybridized carbons (Fsp3) is 0. The molecule has 0 aliphatic carbocycles. The molecule has 0 unspecified atom stereocenters. The smallest absolute Gasteiger partial charge is 0.0616 e. The molecule has 0 heterocycles. The minimum atomic E-state index is -0.606. The van der Waals surface area contributed by atoms with E-state index in [0.29, 0.717) is 21.9 Å². The van der Waals surface area contributed by atoms with Crippen LogP contribution < -0.4 is 0 Å². The third-order valence-electron chi connectivity index (χ3n) is 7.43. The molecule has 40 heavy (non-hydrogen) atoms. The molecule has 0 radical (unpaired) electrons. The fourth-order valence-corrected chi connectivity index (χ4v) is 5.73. The Labute approximate surface area is 250 Å². The summed E-state index contributed by atoms with van der Waals surface area (Å²) in [6.45, 7) is 0. The molecule has 0 nitrogen and oxygen atoms in total. The van der Waals surface area contributed by atoms with Crippen molar-refractivity contribution in [2.24, 2.45) is 0 Å². The lowest BCUT2D eigenvalue weighted by Gasteiger charge is -2.20. The van der Waals surface area contributed by atoms with Gasteiger partial charge in [-0.25, -0.2) is 0 Å². The molecule has 8 aromatic carbocycles. The summed E-state index contributed by atoms with van der Waals surface area (Å²) < 4.78 is 109. The van der Waals surface area contributed by atoms with Crippen LogP contribution in [0.1, 0.15) is 16.4 Å². The van der Waals surface area contributed by atoms with Crippen molar-refractivity contribution in [2.45, 2.75) is 0 Å². The molecule has 0 saturated carbocycles. The molecule has 0 heteroatoms. The average Bonchev–Trinajstić information content (AvgIpc) is 3.16. The first kappa shape index (κ1) is 13.7. The average molecular weight is 519 g/mol. The second kappa shape index (κ2) is 9.22. The van der Waals surface area contributed by atoms with Crippen molar-refractivity contribution in [3.05, 3.63) is 157 Å². The van der Waals surface area contributed by atoms with Gasteiger partial charge in [-0.15, -0.1) is 0 Å². The van der Waals surface area contributed by atoms with Crippen LogP contribution in [0.3, 0.4) is 0 Å². The van der Waals surface area contributed by atoms with Crippen molar-refractivity contribution < 1.29 is 16.4 Å². The van der Waals surface area contributed by atoms with Crippen molar-refractivity contribution in [3.63, 3.8) is 0 Å². The van der Waals surface area contributed by atoms with Gasteiger partial charge >= 0.3 is 0 Å². The largest absolute Gasteiger partial charge is 0.0629 e. The summed E-state index contributed by atoms with van der Waals surface area (Å²) in [5.41, 5.74) is 0.806. The van der Waals surface area contributed by atoms with E-state index >= 15 is 0 Å². The molecule has 0 N–H and O–H groups in total. The van der Waals surface area contributed by atoms with Crippen LogP contribution in [0.15, 0.2) is 157 Å². The van der Waals surface area contributed by atoms with Gasteiger partial charge in [0.2, 0.25) is 0 Å². The highest BCUT2D eigenvalue weighted by Gasteiger charge is 2.20. The Kier molecular flexibility index (Phi) is 3.17. The maximum absolute atomic E-state index is 9.41. The van der Waals surface area contributed by atoms with E-state index in [-0.39, 0.29) is 43.8 Å². The minimum absolute atomic E-state index is 0.0307. The van der Waals surface area contributed by atoms with Crippen molar-refractivity contribution in [3.8, 4) is 33.4 Å². The van der Waals surface area contributed by atoms with Crippen molar-refractivity contribution >= 4 is 43.1 Å². The van der Waals surface area contributed by atoms with E-state index in [0.717, 1.165) is 10.8 Å². The lowest BCUT2D eigenvalue weighted by Crippen LogP contribution is -1.93. The van der Waals surface area contributed by atoms with Gasteiger partial charge < -0.3 is 0 Å². The van der Waals surface area contributed by atoms with Gasteiger partial charge in [0.15, 0.2) is 0 Å². The van der Waals surface area contributed by atoms with Crippen LogP contribution in [0.25, 0.3) is 76.5 Å². The van der Waals surface area contributed by atoms with Gasteiger partial charge in [0, 0.05) is 0 Å². The van der Waals surface area contributed by atoms with Crippen LogP contribution in [0.5, 0.6) is 0 Å². The monoisotopic (exact) mass is 518 g/mol. The van der Waals surface area contributed by atoms with E-state index in [2.05, 4.69) is 0 Å². The molecule has 0 aliphatic heterocycles. The Morgan fingerprint density at radius 3 is 1.27 bits per heavy atom. The molecular weight excluding hydrogens is 480 g/mol. The molecule has 0 atom stereocenters. The molecule has 0 aromatic heterocycles. The van der Waals surface area contributed by atoms with E-state index in [1.54, 1.807) is 30.3 Å². The van der Waals surface area contributed by atoms with Gasteiger partial charge in [0.05, 0.1) is 16.4 Å². The summed E-state index contributed by atoms with van der Waals surface area (Å²) in [7, 11) is 0. The maximum Gasteiger partial charge on any atom is 0.0629 e. The van der Waals surface area contributed by atoms with Crippen LogP contribution in [0.2, 0.25) is 0 Å². The predicted molar refractivity (Wildman–Crippen MR) is 173 cm³/mol. The molecule has 186 valence electrons. The minimum Gasteiger partial charge on any atom is -0.0616 e. The first-order valence-corrected chi connectivity index (χ1v) is 12.9. The number of hydrogen-bond acceptors (Lipinski definition) is 0. The van der Waals surface area contributed by atoms with Gasteiger partial charge in [-0.1, -0.05) is 157 Å². The molecular formula is C40H26. The molecule has 0 fully saturated rings. The second-order valence-corrected chi connectivity index (χ2v) is 9.55. The van der Waals surface area contributed by atoms with Crippen LogP contribution in [0, 0.1) is 0 Å². The molecule has 8 rings (SSSR count). The quantitative estimate of drug-likeness (QED) is 0.204. The Hall–Kier alpha value is -5.20. The zero-order valence-electron chi connectivity index (χ0n) is 33.1. The summed E-state index contributed by atoms with van der Waals surface area (Å²) in [4.78, 5) is 0. The number of benzene rings is 8. The van der Waals surface area contributed by atoms with Gasteiger partial charge in [-0.05, 0) is 76.5 Å². The zero-order chi connectivity index (χ0) is 36.9. The zero-order valence-corrected chi connectivity index (χ0v) is 21.1. The summed E-state index contributed by atoms with van der Waals surface area (Å²) >= 11 is 0. The molecule has 0 saturated heterocycles. The molecule has 0 bridgehead atoms.